The minimum atomic E-state index is -1.23. The maximum Gasteiger partial charge on any atom is 0.336 e. The van der Waals surface area contributed by atoms with Crippen LogP contribution in [-0.2, 0) is 9.59 Å². The summed E-state index contributed by atoms with van der Waals surface area (Å²) in [6.45, 7) is 0. The fourth-order valence-electron chi connectivity index (χ4n) is 2.67. The number of carboxylic acid groups (broad SMARTS) is 1. The predicted octanol–water partition coefficient (Wildman–Crippen LogP) is 1.35. The first kappa shape index (κ1) is 14.2. The average Bonchev–Trinajstić information content (AvgIpc) is 2.90. The Bertz CT molecular complexity index is 777. The Morgan fingerprint density at radius 2 is 2.09 bits per heavy atom. The van der Waals surface area contributed by atoms with Crippen molar-refractivity contribution in [3.8, 4) is 6.07 Å². The number of nitrogens with zero attached hydrogens (tertiary/aromatic N) is 2. The molecule has 0 aromatic heterocycles. The van der Waals surface area contributed by atoms with Gasteiger partial charge in [-0.2, -0.15) is 5.26 Å². The van der Waals surface area contributed by atoms with Gasteiger partial charge < -0.3 is 10.8 Å². The number of benzene rings is 1. The summed E-state index contributed by atoms with van der Waals surface area (Å²) in [5, 5.41) is 19.5. The van der Waals surface area contributed by atoms with Gasteiger partial charge in [0.1, 0.15) is 5.82 Å². The van der Waals surface area contributed by atoms with Crippen LogP contribution < -0.4 is 5.73 Å². The van der Waals surface area contributed by atoms with Crippen molar-refractivity contribution in [2.45, 2.75) is 5.92 Å². The van der Waals surface area contributed by atoms with E-state index in [-0.39, 0.29) is 28.6 Å². The van der Waals surface area contributed by atoms with Gasteiger partial charge in [0.25, 0.3) is 0 Å². The first-order chi connectivity index (χ1) is 10.6. The molecule has 1 aromatic rings. The molecule has 22 heavy (non-hydrogen) atoms. The van der Waals surface area contributed by atoms with Gasteiger partial charge in [-0.15, -0.1) is 0 Å². The molecular weight excluding hydrogens is 302 g/mol. The molecule has 1 unspecified atom stereocenters. The number of thioether (sulfide) groups is 1. The van der Waals surface area contributed by atoms with Crippen molar-refractivity contribution in [3.63, 3.8) is 0 Å². The van der Waals surface area contributed by atoms with Gasteiger partial charge in [-0.25, -0.2) is 4.79 Å². The molecule has 0 saturated carbocycles. The largest absolute Gasteiger partial charge is 0.478 e. The summed E-state index contributed by atoms with van der Waals surface area (Å²) >= 11 is 1.21. The number of aliphatic carboxylic acids is 1. The number of carbonyl (C=O) groups excluding carboxylic acids is 1. The van der Waals surface area contributed by atoms with Gasteiger partial charge in [0.2, 0.25) is 5.91 Å². The van der Waals surface area contributed by atoms with Crippen LogP contribution in [0.25, 0.3) is 0 Å². The molecule has 2 aliphatic rings. The molecule has 0 radical (unpaired) electrons. The monoisotopic (exact) mass is 313 g/mol. The van der Waals surface area contributed by atoms with Crippen LogP contribution in [0, 0.1) is 11.3 Å². The number of hydrogen-bond acceptors (Lipinski definition) is 5. The van der Waals surface area contributed by atoms with Crippen LogP contribution in [0.2, 0.25) is 0 Å². The van der Waals surface area contributed by atoms with Crippen LogP contribution in [0.4, 0.5) is 0 Å². The molecule has 0 aliphatic carbocycles. The summed E-state index contributed by atoms with van der Waals surface area (Å²) < 4.78 is 0. The van der Waals surface area contributed by atoms with Gasteiger partial charge in [-0.05, 0) is 5.56 Å². The standard InChI is InChI=1S/C15H11N3O3S/c16-6-9-11(8-4-2-1-3-5-8)12(15(20)21)13(17)18-10(19)7-22-14(9)18/h1-5,11H,7,17H2,(H,20,21). The first-order valence-electron chi connectivity index (χ1n) is 6.44. The third kappa shape index (κ3) is 1.96. The lowest BCUT2D eigenvalue weighted by atomic mass is 9.83. The molecule has 6 nitrogen and oxygen atoms in total. The highest BCUT2D eigenvalue weighted by atomic mass is 32.2. The molecule has 2 heterocycles. The number of fused-ring (bicyclic) bond motifs is 1. The van der Waals surface area contributed by atoms with Crippen molar-refractivity contribution in [1.29, 1.82) is 5.26 Å². The van der Waals surface area contributed by atoms with E-state index in [0.717, 1.165) is 4.90 Å². The molecule has 1 saturated heterocycles. The minimum Gasteiger partial charge on any atom is -0.478 e. The number of carboxylic acids is 1. The van der Waals surface area contributed by atoms with Crippen LogP contribution in [0.1, 0.15) is 11.5 Å². The van der Waals surface area contributed by atoms with Crippen molar-refractivity contribution < 1.29 is 14.7 Å². The van der Waals surface area contributed by atoms with Crippen LogP contribution >= 0.6 is 11.8 Å². The van der Waals surface area contributed by atoms with Crippen LogP contribution in [-0.4, -0.2) is 27.6 Å². The molecule has 1 atom stereocenters. The summed E-state index contributed by atoms with van der Waals surface area (Å²) in [5.74, 6) is -2.27. The molecule has 110 valence electrons. The van der Waals surface area contributed by atoms with Crippen LogP contribution in [0.15, 0.2) is 52.3 Å². The maximum atomic E-state index is 11.9. The van der Waals surface area contributed by atoms with E-state index in [1.807, 2.05) is 0 Å². The van der Waals surface area contributed by atoms with Crippen molar-refractivity contribution in [2.24, 2.45) is 5.73 Å². The van der Waals surface area contributed by atoms with Crippen LogP contribution in [0.3, 0.4) is 0 Å². The summed E-state index contributed by atoms with van der Waals surface area (Å²) in [5.41, 5.74) is 6.71. The SMILES string of the molecule is N#CC1=C2SCC(=O)N2C(N)=C(C(=O)O)C1c1ccccc1. The van der Waals surface area contributed by atoms with E-state index in [4.69, 9.17) is 5.73 Å². The van der Waals surface area contributed by atoms with E-state index in [1.165, 1.54) is 11.8 Å². The topological polar surface area (TPSA) is 107 Å². The Hall–Kier alpha value is -2.72. The summed E-state index contributed by atoms with van der Waals surface area (Å²) in [4.78, 5) is 24.8. The molecule has 3 N–H and O–H groups in total. The normalized spacial score (nSPS) is 21.0. The van der Waals surface area contributed by atoms with Crippen molar-refractivity contribution in [1.82, 2.24) is 4.90 Å². The highest BCUT2D eigenvalue weighted by Crippen LogP contribution is 2.46. The fourth-order valence-corrected chi connectivity index (χ4v) is 3.71. The molecule has 0 bridgehead atoms. The van der Waals surface area contributed by atoms with Gasteiger partial charge >= 0.3 is 5.97 Å². The summed E-state index contributed by atoms with van der Waals surface area (Å²) in [7, 11) is 0. The van der Waals surface area contributed by atoms with Gasteiger partial charge in [-0.3, -0.25) is 9.69 Å². The minimum absolute atomic E-state index is 0.106. The zero-order chi connectivity index (χ0) is 15.9. The third-order valence-electron chi connectivity index (χ3n) is 3.59. The lowest BCUT2D eigenvalue weighted by Crippen LogP contribution is -2.37. The number of allylic oxidation sites excluding steroid dienone is 1. The van der Waals surface area contributed by atoms with Gasteiger partial charge in [0.15, 0.2) is 0 Å². The van der Waals surface area contributed by atoms with Crippen molar-refractivity contribution in [2.75, 3.05) is 5.75 Å². The molecule has 7 heteroatoms. The van der Waals surface area contributed by atoms with E-state index in [2.05, 4.69) is 6.07 Å². The smallest absolute Gasteiger partial charge is 0.336 e. The highest BCUT2D eigenvalue weighted by Gasteiger charge is 2.43. The Balaban J connectivity index is 2.28. The molecule has 1 amide bonds. The zero-order valence-electron chi connectivity index (χ0n) is 11.3. The Morgan fingerprint density at radius 1 is 1.41 bits per heavy atom. The van der Waals surface area contributed by atoms with E-state index < -0.39 is 11.9 Å². The third-order valence-corrected chi connectivity index (χ3v) is 4.66. The number of nitrogens with two attached hydrogens (primary N) is 1. The molecule has 0 spiro atoms. The van der Waals surface area contributed by atoms with Gasteiger partial charge in [0.05, 0.1) is 33.9 Å². The summed E-state index contributed by atoms with van der Waals surface area (Å²) in [6.07, 6.45) is 0. The maximum absolute atomic E-state index is 11.9. The zero-order valence-corrected chi connectivity index (χ0v) is 12.1. The first-order valence-corrected chi connectivity index (χ1v) is 7.42. The van der Waals surface area contributed by atoms with E-state index >= 15 is 0 Å². The van der Waals surface area contributed by atoms with Gasteiger partial charge in [-0.1, -0.05) is 42.1 Å². The Labute approximate surface area is 130 Å². The second-order valence-electron chi connectivity index (χ2n) is 4.80. The highest BCUT2D eigenvalue weighted by molar-refractivity contribution is 8.04. The number of amides is 1. The van der Waals surface area contributed by atoms with E-state index in [0.29, 0.717) is 10.6 Å². The fraction of sp³-hybridized carbons (Fsp3) is 0.133. The summed E-state index contributed by atoms with van der Waals surface area (Å²) in [6, 6.07) is 10.9. The Kier molecular flexibility index (Phi) is 3.39. The van der Waals surface area contributed by atoms with Crippen LogP contribution in [0.5, 0.6) is 0 Å². The van der Waals surface area contributed by atoms with Crippen molar-refractivity contribution in [3.05, 3.63) is 57.9 Å². The second-order valence-corrected chi connectivity index (χ2v) is 5.76. The van der Waals surface area contributed by atoms with Gasteiger partial charge in [0, 0.05) is 0 Å². The molecule has 3 rings (SSSR count). The Morgan fingerprint density at radius 3 is 2.68 bits per heavy atom. The number of nitriles is 1. The lowest BCUT2D eigenvalue weighted by Gasteiger charge is -2.30. The molecule has 2 aliphatic heterocycles. The predicted molar refractivity (Wildman–Crippen MR) is 80.0 cm³/mol. The quantitative estimate of drug-likeness (QED) is 0.853. The average molecular weight is 313 g/mol. The number of carbonyl (C=O) groups is 2. The van der Waals surface area contributed by atoms with Crippen molar-refractivity contribution >= 4 is 23.6 Å². The lowest BCUT2D eigenvalue weighted by molar-refractivity contribution is -0.133. The molecule has 1 aromatic carbocycles. The molecule has 1 fully saturated rings. The van der Waals surface area contributed by atoms with E-state index in [9.17, 15) is 20.0 Å². The second kappa shape index (κ2) is 5.24. The molecular formula is C15H11N3O3S. The van der Waals surface area contributed by atoms with E-state index in [1.54, 1.807) is 30.3 Å². The number of rotatable bonds is 2. The number of hydrogen-bond donors (Lipinski definition) is 2.